The molecule has 8 nitrogen and oxygen atoms in total. The van der Waals surface area contributed by atoms with Crippen LogP contribution < -0.4 is 0 Å². The highest BCUT2D eigenvalue weighted by Crippen LogP contribution is 2.39. The lowest BCUT2D eigenvalue weighted by Crippen LogP contribution is -2.34. The van der Waals surface area contributed by atoms with E-state index < -0.39 is 10.0 Å². The van der Waals surface area contributed by atoms with Crippen LogP contribution >= 0.6 is 0 Å². The molecule has 0 spiro atoms. The van der Waals surface area contributed by atoms with Gasteiger partial charge in [0.1, 0.15) is 11.6 Å². The minimum Gasteiger partial charge on any atom is -0.339 e. The highest BCUT2D eigenvalue weighted by atomic mass is 32.2. The number of aromatic nitrogens is 5. The van der Waals surface area contributed by atoms with Crippen LogP contribution in [0, 0.1) is 0 Å². The summed E-state index contributed by atoms with van der Waals surface area (Å²) in [6.07, 6.45) is 5.95. The van der Waals surface area contributed by atoms with E-state index in [0.29, 0.717) is 32.0 Å². The molecule has 2 aromatic heterocycles. The Labute approximate surface area is 128 Å². The summed E-state index contributed by atoms with van der Waals surface area (Å²) in [7, 11) is -1.78. The largest absolute Gasteiger partial charge is 0.339 e. The van der Waals surface area contributed by atoms with E-state index in [1.54, 1.807) is 11.6 Å². The van der Waals surface area contributed by atoms with Crippen LogP contribution in [0.25, 0.3) is 0 Å². The molecule has 1 saturated carbocycles. The fourth-order valence-corrected chi connectivity index (χ4v) is 4.26. The molecule has 1 fully saturated rings. The van der Waals surface area contributed by atoms with Gasteiger partial charge >= 0.3 is 0 Å². The first-order chi connectivity index (χ1) is 10.6. The summed E-state index contributed by atoms with van der Waals surface area (Å²) in [6, 6.07) is 0. The molecule has 3 heterocycles. The molecule has 1 aliphatic heterocycles. The molecule has 22 heavy (non-hydrogen) atoms. The second kappa shape index (κ2) is 4.88. The average Bonchev–Trinajstić information content (AvgIpc) is 3.17. The Morgan fingerprint density at radius 1 is 1.18 bits per heavy atom. The van der Waals surface area contributed by atoms with E-state index in [-0.39, 0.29) is 5.03 Å². The number of nitrogens with zero attached hydrogens (tertiary/aromatic N) is 6. The molecule has 2 aromatic rings. The molecule has 0 N–H and O–H groups in total. The Hall–Kier alpha value is -1.74. The number of hydrogen-bond acceptors (Lipinski definition) is 5. The monoisotopic (exact) mass is 322 g/mol. The molecule has 0 atom stereocenters. The maximum Gasteiger partial charge on any atom is 0.262 e. The number of aryl methyl sites for hydroxylation is 1. The average molecular weight is 322 g/mol. The minimum atomic E-state index is -3.54. The molecule has 0 amide bonds. The molecule has 9 heteroatoms. The van der Waals surface area contributed by atoms with Gasteiger partial charge in [-0.25, -0.2) is 13.4 Å². The van der Waals surface area contributed by atoms with Gasteiger partial charge in [0.05, 0.1) is 6.33 Å². The van der Waals surface area contributed by atoms with Gasteiger partial charge in [-0.05, 0) is 12.8 Å². The first kappa shape index (κ1) is 13.9. The van der Waals surface area contributed by atoms with E-state index >= 15 is 0 Å². The van der Waals surface area contributed by atoms with Gasteiger partial charge in [-0.2, -0.15) is 4.31 Å². The molecule has 0 saturated heterocycles. The number of imidazole rings is 1. The van der Waals surface area contributed by atoms with Crippen LogP contribution in [-0.4, -0.2) is 50.1 Å². The van der Waals surface area contributed by atoms with Crippen molar-refractivity contribution in [2.45, 2.75) is 36.8 Å². The maximum atomic E-state index is 12.7. The molecule has 4 rings (SSSR count). The van der Waals surface area contributed by atoms with E-state index in [1.807, 2.05) is 0 Å². The van der Waals surface area contributed by atoms with Gasteiger partial charge in [-0.1, -0.05) is 0 Å². The number of fused-ring (bicyclic) bond motifs is 1. The molecule has 0 aromatic carbocycles. The predicted octanol–water partition coefficient (Wildman–Crippen LogP) is 0.136. The summed E-state index contributed by atoms with van der Waals surface area (Å²) in [5, 5.41) is 8.63. The Kier molecular flexibility index (Phi) is 3.08. The quantitative estimate of drug-likeness (QED) is 0.802. The molecule has 2 aliphatic rings. The van der Waals surface area contributed by atoms with Gasteiger partial charge in [-0.15, -0.1) is 10.2 Å². The molecular formula is C13H18N6O2S. The van der Waals surface area contributed by atoms with E-state index in [9.17, 15) is 8.42 Å². The molecule has 0 radical (unpaired) electrons. The highest BCUT2D eigenvalue weighted by molar-refractivity contribution is 7.89. The van der Waals surface area contributed by atoms with Gasteiger partial charge in [-0.3, -0.25) is 0 Å². The van der Waals surface area contributed by atoms with Crippen LogP contribution in [0.4, 0.5) is 0 Å². The standard InChI is InChI=1S/C13H18N6O2S/c1-17-8-12(14-9-17)22(20,21)18-5-4-11-15-16-13(10-2-3-10)19(11)7-6-18/h8-10H,2-7H2,1H3. The van der Waals surface area contributed by atoms with E-state index in [4.69, 9.17) is 0 Å². The third-order valence-electron chi connectivity index (χ3n) is 4.24. The third kappa shape index (κ3) is 2.24. The molecule has 1 aliphatic carbocycles. The SMILES string of the molecule is Cn1cnc(S(=O)(=O)N2CCc3nnc(C4CC4)n3CC2)c1. The lowest BCUT2D eigenvalue weighted by Gasteiger charge is -2.18. The van der Waals surface area contributed by atoms with Crippen molar-refractivity contribution >= 4 is 10.0 Å². The van der Waals surface area contributed by atoms with Crippen molar-refractivity contribution in [2.75, 3.05) is 13.1 Å². The first-order valence-corrected chi connectivity index (χ1v) is 8.90. The zero-order valence-electron chi connectivity index (χ0n) is 12.4. The van der Waals surface area contributed by atoms with Crippen molar-refractivity contribution < 1.29 is 8.42 Å². The summed E-state index contributed by atoms with van der Waals surface area (Å²) in [4.78, 5) is 3.98. The van der Waals surface area contributed by atoms with Crippen LogP contribution in [0.3, 0.4) is 0 Å². The van der Waals surface area contributed by atoms with Crippen molar-refractivity contribution in [3.05, 3.63) is 24.2 Å². The Morgan fingerprint density at radius 3 is 2.68 bits per heavy atom. The van der Waals surface area contributed by atoms with Crippen molar-refractivity contribution in [3.63, 3.8) is 0 Å². The first-order valence-electron chi connectivity index (χ1n) is 7.46. The fraction of sp³-hybridized carbons (Fsp3) is 0.615. The van der Waals surface area contributed by atoms with Crippen LogP contribution in [0.15, 0.2) is 17.6 Å². The lowest BCUT2D eigenvalue weighted by atomic mass is 10.3. The fourth-order valence-electron chi connectivity index (χ4n) is 2.86. The molecule has 0 bridgehead atoms. The molecular weight excluding hydrogens is 304 g/mol. The Balaban J connectivity index is 1.59. The molecule has 0 unspecified atom stereocenters. The summed E-state index contributed by atoms with van der Waals surface area (Å²) in [5.74, 6) is 2.42. The number of rotatable bonds is 3. The topological polar surface area (TPSA) is 85.9 Å². The van der Waals surface area contributed by atoms with E-state index in [1.165, 1.54) is 16.8 Å². The summed E-state index contributed by atoms with van der Waals surface area (Å²) >= 11 is 0. The van der Waals surface area contributed by atoms with Gasteiger partial charge < -0.3 is 9.13 Å². The second-order valence-electron chi connectivity index (χ2n) is 5.93. The minimum absolute atomic E-state index is 0.107. The lowest BCUT2D eigenvalue weighted by molar-refractivity contribution is 0.410. The Bertz CT molecular complexity index is 804. The zero-order chi connectivity index (χ0) is 15.3. The number of sulfonamides is 1. The number of hydrogen-bond donors (Lipinski definition) is 0. The summed E-state index contributed by atoms with van der Waals surface area (Å²) in [6.45, 7) is 1.46. The third-order valence-corrected chi connectivity index (χ3v) is 6.03. The van der Waals surface area contributed by atoms with Crippen molar-refractivity contribution in [1.29, 1.82) is 0 Å². The van der Waals surface area contributed by atoms with Gasteiger partial charge in [0.2, 0.25) is 0 Å². The van der Waals surface area contributed by atoms with Gasteiger partial charge in [0, 0.05) is 45.2 Å². The van der Waals surface area contributed by atoms with Crippen LogP contribution in [0.5, 0.6) is 0 Å². The van der Waals surface area contributed by atoms with Gasteiger partial charge in [0.25, 0.3) is 10.0 Å². The van der Waals surface area contributed by atoms with Crippen LogP contribution in [0.2, 0.25) is 0 Å². The van der Waals surface area contributed by atoms with Crippen LogP contribution in [-0.2, 0) is 30.0 Å². The van der Waals surface area contributed by atoms with Gasteiger partial charge in [0.15, 0.2) is 5.03 Å². The van der Waals surface area contributed by atoms with Crippen molar-refractivity contribution in [1.82, 2.24) is 28.6 Å². The normalized spacial score (nSPS) is 19.9. The predicted molar refractivity (Wildman–Crippen MR) is 77.7 cm³/mol. The highest BCUT2D eigenvalue weighted by Gasteiger charge is 2.33. The maximum absolute atomic E-state index is 12.7. The van der Waals surface area contributed by atoms with E-state index in [0.717, 1.165) is 24.5 Å². The molecule has 118 valence electrons. The Morgan fingerprint density at radius 2 is 2.00 bits per heavy atom. The van der Waals surface area contributed by atoms with E-state index in [2.05, 4.69) is 19.7 Å². The van der Waals surface area contributed by atoms with Crippen molar-refractivity contribution in [2.24, 2.45) is 7.05 Å². The van der Waals surface area contributed by atoms with Crippen molar-refractivity contribution in [3.8, 4) is 0 Å². The zero-order valence-corrected chi connectivity index (χ0v) is 13.2. The second-order valence-corrected chi connectivity index (χ2v) is 7.82. The summed E-state index contributed by atoms with van der Waals surface area (Å²) < 4.78 is 30.6. The van der Waals surface area contributed by atoms with Crippen LogP contribution in [0.1, 0.15) is 30.4 Å². The summed E-state index contributed by atoms with van der Waals surface area (Å²) in [5.41, 5.74) is 0. The smallest absolute Gasteiger partial charge is 0.262 e.